The Morgan fingerprint density at radius 2 is 0.857 bits per heavy atom. The minimum absolute atomic E-state index is 0.569. The van der Waals surface area contributed by atoms with Crippen LogP contribution in [0.1, 0.15) is 0 Å². The van der Waals surface area contributed by atoms with E-state index in [-0.39, 0.29) is 0 Å². The SMILES string of the molecule is [Cl][Ni][Cl].c1ccc(-c2ccccc2N=C2SCCSC2=Nc2ccccc2-c2ccccc2)cc1. The first-order valence-corrected chi connectivity index (χ1v) is 15.5. The maximum absolute atomic E-state index is 5.10. The first-order valence-electron chi connectivity index (χ1n) is 10.8. The maximum atomic E-state index is 5.10. The van der Waals surface area contributed by atoms with Gasteiger partial charge in [0, 0.05) is 22.6 Å². The molecule has 0 radical (unpaired) electrons. The average Bonchev–Trinajstić information content (AvgIpc) is 2.92. The summed E-state index contributed by atoms with van der Waals surface area (Å²) >= 11 is 4.15. The summed E-state index contributed by atoms with van der Waals surface area (Å²) in [6, 6.07) is 37.6. The second kappa shape index (κ2) is 13.9. The van der Waals surface area contributed by atoms with Crippen molar-refractivity contribution in [2.45, 2.75) is 0 Å². The topological polar surface area (TPSA) is 24.7 Å². The van der Waals surface area contributed by atoms with Crippen molar-refractivity contribution in [1.29, 1.82) is 0 Å². The molecule has 0 unspecified atom stereocenters. The Morgan fingerprint density at radius 1 is 0.514 bits per heavy atom. The third kappa shape index (κ3) is 7.25. The molecule has 2 nitrogen and oxygen atoms in total. The summed E-state index contributed by atoms with van der Waals surface area (Å²) < 4.78 is 0. The van der Waals surface area contributed by atoms with E-state index in [0.29, 0.717) is 12.7 Å². The normalized spacial score (nSPS) is 15.6. The third-order valence-electron chi connectivity index (χ3n) is 5.17. The van der Waals surface area contributed by atoms with Crippen LogP contribution in [0.4, 0.5) is 11.4 Å². The molecule has 1 heterocycles. The van der Waals surface area contributed by atoms with Gasteiger partial charge in [-0.3, -0.25) is 0 Å². The van der Waals surface area contributed by atoms with E-state index >= 15 is 0 Å². The number of hydrogen-bond donors (Lipinski definition) is 0. The van der Waals surface area contributed by atoms with Crippen molar-refractivity contribution in [3.8, 4) is 22.3 Å². The molecule has 4 aromatic carbocycles. The molecule has 180 valence electrons. The van der Waals surface area contributed by atoms with Gasteiger partial charge in [0.1, 0.15) is 10.1 Å². The van der Waals surface area contributed by atoms with E-state index in [2.05, 4.69) is 84.9 Å². The van der Waals surface area contributed by atoms with Gasteiger partial charge < -0.3 is 0 Å². The van der Waals surface area contributed by atoms with Crippen molar-refractivity contribution in [2.24, 2.45) is 9.98 Å². The quantitative estimate of drug-likeness (QED) is 0.225. The van der Waals surface area contributed by atoms with Gasteiger partial charge in [-0.2, -0.15) is 0 Å². The van der Waals surface area contributed by atoms with E-state index in [9.17, 15) is 0 Å². The molecule has 0 atom stereocenters. The molecule has 0 bridgehead atoms. The zero-order valence-electron chi connectivity index (χ0n) is 18.6. The van der Waals surface area contributed by atoms with E-state index in [1.165, 1.54) is 11.1 Å². The maximum Gasteiger partial charge on any atom is 0.129 e. The van der Waals surface area contributed by atoms with Crippen molar-refractivity contribution in [2.75, 3.05) is 11.5 Å². The van der Waals surface area contributed by atoms with Gasteiger partial charge in [0.15, 0.2) is 0 Å². The van der Waals surface area contributed by atoms with E-state index in [4.69, 9.17) is 30.4 Å². The fourth-order valence-electron chi connectivity index (χ4n) is 3.65. The second-order valence-corrected chi connectivity index (χ2v) is 11.1. The second-order valence-electron chi connectivity index (χ2n) is 7.34. The fraction of sp³-hybridized carbons (Fsp3) is 0.0714. The van der Waals surface area contributed by atoms with Gasteiger partial charge >= 0.3 is 33.0 Å². The molecule has 5 rings (SSSR count). The summed E-state index contributed by atoms with van der Waals surface area (Å²) in [6.07, 6.45) is 0. The van der Waals surface area contributed by atoms with Crippen molar-refractivity contribution < 1.29 is 12.7 Å². The monoisotopic (exact) mass is 578 g/mol. The predicted molar refractivity (Wildman–Crippen MR) is 155 cm³/mol. The number of aliphatic imine (C=N–C) groups is 2. The van der Waals surface area contributed by atoms with Crippen LogP contribution in [0, 0.1) is 0 Å². The van der Waals surface area contributed by atoms with E-state index < -0.39 is 0 Å². The van der Waals surface area contributed by atoms with Crippen LogP contribution in [-0.2, 0) is 12.7 Å². The van der Waals surface area contributed by atoms with E-state index in [1.807, 2.05) is 24.3 Å². The number of benzene rings is 4. The molecule has 1 aliphatic rings. The van der Waals surface area contributed by atoms with Crippen LogP contribution in [0.2, 0.25) is 0 Å². The van der Waals surface area contributed by atoms with Gasteiger partial charge in [-0.15, -0.1) is 23.5 Å². The first-order chi connectivity index (χ1) is 17.3. The van der Waals surface area contributed by atoms with Crippen molar-refractivity contribution in [1.82, 2.24) is 0 Å². The molecule has 7 heteroatoms. The summed E-state index contributed by atoms with van der Waals surface area (Å²) in [7, 11) is 9.40. The summed E-state index contributed by atoms with van der Waals surface area (Å²) in [6.45, 7) is 0. The van der Waals surface area contributed by atoms with Crippen LogP contribution < -0.4 is 0 Å². The molecule has 1 saturated heterocycles. The molecule has 0 saturated carbocycles. The Morgan fingerprint density at radius 3 is 1.26 bits per heavy atom. The Balaban J connectivity index is 0.000000917. The minimum atomic E-state index is 0.569. The first kappa shape index (κ1) is 26.1. The van der Waals surface area contributed by atoms with Crippen LogP contribution >= 0.6 is 43.9 Å². The summed E-state index contributed by atoms with van der Waals surface area (Å²) in [5.74, 6) is 2.08. The molecule has 0 aromatic heterocycles. The number of nitrogens with zero attached hydrogens (tertiary/aromatic N) is 2. The van der Waals surface area contributed by atoms with Gasteiger partial charge in [0.2, 0.25) is 0 Å². The van der Waals surface area contributed by atoms with Crippen LogP contribution in [0.3, 0.4) is 0 Å². The number of hydrogen-bond acceptors (Lipinski definition) is 4. The number of rotatable bonds is 4. The minimum Gasteiger partial charge on any atom is -0.239 e. The van der Waals surface area contributed by atoms with Gasteiger partial charge in [-0.25, -0.2) is 9.98 Å². The molecule has 1 aliphatic heterocycles. The molecule has 35 heavy (non-hydrogen) atoms. The number of thioether (sulfide) groups is 2. The number of halogens is 2. The van der Waals surface area contributed by atoms with Crippen molar-refractivity contribution in [3.05, 3.63) is 109 Å². The van der Waals surface area contributed by atoms with E-state index in [0.717, 1.165) is 44.1 Å². The third-order valence-corrected chi connectivity index (χ3v) is 7.49. The number of para-hydroxylation sites is 2. The Labute approximate surface area is 229 Å². The molecule has 0 spiro atoms. The summed E-state index contributed by atoms with van der Waals surface area (Å²) in [5.41, 5.74) is 6.59. The van der Waals surface area contributed by atoms with Crippen LogP contribution in [0.15, 0.2) is 119 Å². The molecule has 0 amide bonds. The Hall–Kier alpha value is -2.01. The standard InChI is InChI=1S/C28H22N2S2.2ClH.Ni/c1-3-11-21(12-4-1)23-15-7-9-17-25(23)29-27-28(32-20-19-31-27)30-26-18-10-8-16-24(26)22-13-5-2-6-14-22;;;/h1-18H,19-20H2;2*1H;/q;;;+2/p-2. The average molecular weight is 580 g/mol. The molecular weight excluding hydrogens is 558 g/mol. The van der Waals surface area contributed by atoms with Gasteiger partial charge in [0.05, 0.1) is 11.4 Å². The van der Waals surface area contributed by atoms with Crippen LogP contribution in [0.5, 0.6) is 0 Å². The van der Waals surface area contributed by atoms with Crippen LogP contribution in [0.25, 0.3) is 22.3 Å². The van der Waals surface area contributed by atoms with Crippen LogP contribution in [-0.4, -0.2) is 21.6 Å². The van der Waals surface area contributed by atoms with Crippen molar-refractivity contribution >= 4 is 65.4 Å². The largest absolute Gasteiger partial charge is 0.239 e. The zero-order chi connectivity index (χ0) is 24.3. The van der Waals surface area contributed by atoms with Gasteiger partial charge in [-0.1, -0.05) is 97.1 Å². The van der Waals surface area contributed by atoms with E-state index in [1.54, 1.807) is 23.5 Å². The molecule has 1 fully saturated rings. The summed E-state index contributed by atoms with van der Waals surface area (Å²) in [4.78, 5) is 10.2. The molecule has 0 N–H and O–H groups in total. The molecule has 0 aliphatic carbocycles. The van der Waals surface area contributed by atoms with Crippen molar-refractivity contribution in [3.63, 3.8) is 0 Å². The predicted octanol–water partition coefficient (Wildman–Crippen LogP) is 9.64. The molecular formula is C28H22Cl2N2NiS2. The zero-order valence-corrected chi connectivity index (χ0v) is 22.7. The Bertz CT molecular complexity index is 1200. The smallest absolute Gasteiger partial charge is 0.129 e. The molecule has 4 aromatic rings. The Kier molecular flexibility index (Phi) is 10.4. The van der Waals surface area contributed by atoms with Gasteiger partial charge in [-0.05, 0) is 23.3 Å². The summed E-state index contributed by atoms with van der Waals surface area (Å²) in [5, 5.41) is 1.99. The van der Waals surface area contributed by atoms with Gasteiger partial charge in [0.25, 0.3) is 0 Å². The fourth-order valence-corrected chi connectivity index (χ4v) is 5.72.